The molecule has 1 aromatic heterocycles. The minimum absolute atomic E-state index is 0.310. The van der Waals surface area contributed by atoms with Crippen LogP contribution in [0.2, 0.25) is 0 Å². The second kappa shape index (κ2) is 3.45. The lowest BCUT2D eigenvalue weighted by Gasteiger charge is -2.04. The summed E-state index contributed by atoms with van der Waals surface area (Å²) in [5, 5.41) is 9.54. The molecule has 1 aromatic carbocycles. The Balaban J connectivity index is 2.38. The standard InChI is InChI=1S/C13H10O4/c14-12(15)10-6-8-5-4-7-2-1-3-9(7)11(8)17-13(10)16/h4-6H,1-3H2,(H,14,15). The number of benzene rings is 1. The Kier molecular flexibility index (Phi) is 2.04. The number of hydrogen-bond acceptors (Lipinski definition) is 3. The van der Waals surface area contributed by atoms with Gasteiger partial charge in [0.05, 0.1) is 0 Å². The summed E-state index contributed by atoms with van der Waals surface area (Å²) < 4.78 is 5.16. The highest BCUT2D eigenvalue weighted by Crippen LogP contribution is 2.29. The second-order valence-electron chi connectivity index (χ2n) is 4.23. The molecule has 0 amide bonds. The number of aryl methyl sites for hydroxylation is 2. The van der Waals surface area contributed by atoms with E-state index in [4.69, 9.17) is 9.52 Å². The number of carboxylic acid groups (broad SMARTS) is 1. The van der Waals surface area contributed by atoms with Gasteiger partial charge in [0, 0.05) is 5.39 Å². The smallest absolute Gasteiger partial charge is 0.351 e. The summed E-state index contributed by atoms with van der Waals surface area (Å²) in [6.45, 7) is 0. The van der Waals surface area contributed by atoms with Gasteiger partial charge in [0.2, 0.25) is 0 Å². The van der Waals surface area contributed by atoms with E-state index in [9.17, 15) is 9.59 Å². The predicted molar refractivity (Wildman–Crippen MR) is 61.5 cm³/mol. The Morgan fingerprint density at radius 3 is 2.88 bits per heavy atom. The van der Waals surface area contributed by atoms with Crippen molar-refractivity contribution in [3.05, 3.63) is 45.3 Å². The maximum atomic E-state index is 11.5. The number of aromatic carboxylic acids is 1. The molecule has 2 aromatic rings. The summed E-state index contributed by atoms with van der Waals surface area (Å²) in [6.07, 6.45) is 2.94. The van der Waals surface area contributed by atoms with Crippen molar-refractivity contribution < 1.29 is 14.3 Å². The number of carboxylic acids is 1. The van der Waals surface area contributed by atoms with Crippen LogP contribution in [0.4, 0.5) is 0 Å². The van der Waals surface area contributed by atoms with E-state index in [0.717, 1.165) is 24.8 Å². The zero-order valence-electron chi connectivity index (χ0n) is 9.03. The third-order valence-corrected chi connectivity index (χ3v) is 3.21. The van der Waals surface area contributed by atoms with Crippen molar-refractivity contribution in [1.82, 2.24) is 0 Å². The van der Waals surface area contributed by atoms with Gasteiger partial charge in [0.1, 0.15) is 11.1 Å². The van der Waals surface area contributed by atoms with Crippen molar-refractivity contribution in [1.29, 1.82) is 0 Å². The third kappa shape index (κ3) is 1.45. The molecule has 3 rings (SSSR count). The molecular weight excluding hydrogens is 220 g/mol. The highest BCUT2D eigenvalue weighted by Gasteiger charge is 2.18. The van der Waals surface area contributed by atoms with E-state index in [-0.39, 0.29) is 5.56 Å². The first-order chi connectivity index (χ1) is 8.16. The summed E-state index contributed by atoms with van der Waals surface area (Å²) in [5.41, 5.74) is 1.72. The molecule has 0 aliphatic heterocycles. The van der Waals surface area contributed by atoms with Gasteiger partial charge >= 0.3 is 11.6 Å². The van der Waals surface area contributed by atoms with Gasteiger partial charge in [0.15, 0.2) is 0 Å². The highest BCUT2D eigenvalue weighted by molar-refractivity contribution is 5.92. The van der Waals surface area contributed by atoms with E-state index in [1.807, 2.05) is 12.1 Å². The Hall–Kier alpha value is -2.10. The molecule has 17 heavy (non-hydrogen) atoms. The van der Waals surface area contributed by atoms with Gasteiger partial charge < -0.3 is 9.52 Å². The molecule has 86 valence electrons. The molecule has 0 radical (unpaired) electrons. The van der Waals surface area contributed by atoms with E-state index in [1.54, 1.807) is 0 Å². The van der Waals surface area contributed by atoms with Crippen LogP contribution in [-0.2, 0) is 12.8 Å². The third-order valence-electron chi connectivity index (χ3n) is 3.21. The van der Waals surface area contributed by atoms with Gasteiger partial charge in [-0.1, -0.05) is 12.1 Å². The van der Waals surface area contributed by atoms with Crippen LogP contribution in [0.3, 0.4) is 0 Å². The van der Waals surface area contributed by atoms with Gasteiger partial charge in [-0.2, -0.15) is 0 Å². The molecule has 4 heteroatoms. The van der Waals surface area contributed by atoms with E-state index in [2.05, 4.69) is 0 Å². The molecule has 1 aliphatic rings. The van der Waals surface area contributed by atoms with Gasteiger partial charge in [-0.25, -0.2) is 9.59 Å². The van der Waals surface area contributed by atoms with Gasteiger partial charge in [-0.3, -0.25) is 0 Å². The SMILES string of the molecule is O=C(O)c1cc2ccc3c(c2oc1=O)CCC3. The van der Waals surface area contributed by atoms with Crippen LogP contribution in [0, 0.1) is 0 Å². The second-order valence-corrected chi connectivity index (χ2v) is 4.23. The fourth-order valence-corrected chi connectivity index (χ4v) is 2.40. The Morgan fingerprint density at radius 2 is 2.12 bits per heavy atom. The topological polar surface area (TPSA) is 67.5 Å². The summed E-state index contributed by atoms with van der Waals surface area (Å²) in [7, 11) is 0. The van der Waals surface area contributed by atoms with Crippen molar-refractivity contribution in [2.75, 3.05) is 0 Å². The van der Waals surface area contributed by atoms with Crippen molar-refractivity contribution in [3.8, 4) is 0 Å². The van der Waals surface area contributed by atoms with Crippen LogP contribution in [0.25, 0.3) is 11.0 Å². The minimum Gasteiger partial charge on any atom is -0.477 e. The van der Waals surface area contributed by atoms with Crippen LogP contribution < -0.4 is 5.63 Å². The lowest BCUT2D eigenvalue weighted by molar-refractivity contribution is 0.0692. The van der Waals surface area contributed by atoms with Gasteiger partial charge in [-0.05, 0) is 36.5 Å². The van der Waals surface area contributed by atoms with Crippen LogP contribution in [0.5, 0.6) is 0 Å². The fourth-order valence-electron chi connectivity index (χ4n) is 2.40. The van der Waals surface area contributed by atoms with Crippen LogP contribution in [-0.4, -0.2) is 11.1 Å². The van der Waals surface area contributed by atoms with E-state index >= 15 is 0 Å². The molecule has 1 heterocycles. The molecule has 0 saturated carbocycles. The van der Waals surface area contributed by atoms with E-state index in [0.29, 0.717) is 11.0 Å². The molecule has 0 bridgehead atoms. The molecule has 4 nitrogen and oxygen atoms in total. The van der Waals surface area contributed by atoms with Crippen molar-refractivity contribution in [2.45, 2.75) is 19.3 Å². The fraction of sp³-hybridized carbons (Fsp3) is 0.231. The maximum absolute atomic E-state index is 11.5. The molecule has 0 spiro atoms. The summed E-state index contributed by atoms with van der Waals surface area (Å²) in [6, 6.07) is 5.19. The van der Waals surface area contributed by atoms with E-state index < -0.39 is 11.6 Å². The van der Waals surface area contributed by atoms with Crippen molar-refractivity contribution in [2.24, 2.45) is 0 Å². The first kappa shape index (κ1) is 10.1. The molecule has 1 N–H and O–H groups in total. The van der Waals surface area contributed by atoms with Crippen molar-refractivity contribution in [3.63, 3.8) is 0 Å². The van der Waals surface area contributed by atoms with Gasteiger partial charge in [0.25, 0.3) is 0 Å². The maximum Gasteiger partial charge on any atom is 0.351 e. The molecule has 1 aliphatic carbocycles. The minimum atomic E-state index is -1.25. The Labute approximate surface area is 96.5 Å². The molecule has 0 unspecified atom stereocenters. The van der Waals surface area contributed by atoms with Crippen LogP contribution >= 0.6 is 0 Å². The molecular formula is C13H10O4. The number of fused-ring (bicyclic) bond motifs is 3. The number of rotatable bonds is 1. The Bertz CT molecular complexity index is 682. The lowest BCUT2D eigenvalue weighted by atomic mass is 10.1. The van der Waals surface area contributed by atoms with Crippen LogP contribution in [0.15, 0.2) is 27.4 Å². The number of carbonyl (C=O) groups is 1. The first-order valence-corrected chi connectivity index (χ1v) is 5.49. The largest absolute Gasteiger partial charge is 0.477 e. The average Bonchev–Trinajstić information content (AvgIpc) is 2.76. The molecule has 0 atom stereocenters. The zero-order valence-corrected chi connectivity index (χ0v) is 9.03. The Morgan fingerprint density at radius 1 is 1.29 bits per heavy atom. The monoisotopic (exact) mass is 230 g/mol. The summed E-state index contributed by atoms with van der Waals surface area (Å²) >= 11 is 0. The highest BCUT2D eigenvalue weighted by atomic mass is 16.4. The normalized spacial score (nSPS) is 13.9. The predicted octanol–water partition coefficient (Wildman–Crippen LogP) is 1.98. The van der Waals surface area contributed by atoms with Crippen LogP contribution in [0.1, 0.15) is 27.9 Å². The number of hydrogen-bond donors (Lipinski definition) is 1. The summed E-state index contributed by atoms with van der Waals surface area (Å²) in [5.74, 6) is -1.25. The average molecular weight is 230 g/mol. The molecule has 0 saturated heterocycles. The van der Waals surface area contributed by atoms with Crippen molar-refractivity contribution >= 4 is 16.9 Å². The summed E-state index contributed by atoms with van der Waals surface area (Å²) in [4.78, 5) is 22.4. The van der Waals surface area contributed by atoms with E-state index in [1.165, 1.54) is 11.6 Å². The first-order valence-electron chi connectivity index (χ1n) is 5.49. The lowest BCUT2D eigenvalue weighted by Crippen LogP contribution is -2.13. The molecule has 0 fully saturated rings. The zero-order chi connectivity index (χ0) is 12.0. The quantitative estimate of drug-likeness (QED) is 0.760. The van der Waals surface area contributed by atoms with Gasteiger partial charge in [-0.15, -0.1) is 0 Å².